The molecule has 8 nitrogen and oxygen atoms in total. The zero-order chi connectivity index (χ0) is 17.3. The van der Waals surface area contributed by atoms with Crippen LogP contribution in [0.2, 0.25) is 5.02 Å². The Morgan fingerprint density at radius 2 is 2.12 bits per heavy atom. The highest BCUT2D eigenvalue weighted by molar-refractivity contribution is 7.88. The molecule has 0 N–H and O–H groups in total. The zero-order valence-corrected chi connectivity index (χ0v) is 15.0. The third-order valence-electron chi connectivity index (χ3n) is 4.50. The van der Waals surface area contributed by atoms with Crippen molar-refractivity contribution in [2.45, 2.75) is 31.5 Å². The maximum Gasteiger partial charge on any atom is 0.244 e. The fraction of sp³-hybridized carbons (Fsp3) is 0.714. The van der Waals surface area contributed by atoms with Crippen LogP contribution in [0.3, 0.4) is 0 Å². The summed E-state index contributed by atoms with van der Waals surface area (Å²) in [6.07, 6.45) is 5.36. The van der Waals surface area contributed by atoms with Crippen molar-refractivity contribution in [3.05, 3.63) is 17.4 Å². The number of amides is 1. The number of morpholine rings is 1. The van der Waals surface area contributed by atoms with Crippen molar-refractivity contribution in [3.63, 3.8) is 0 Å². The van der Waals surface area contributed by atoms with Gasteiger partial charge in [-0.05, 0) is 12.8 Å². The number of likely N-dealkylation sites (tertiary alicyclic amines) is 1. The van der Waals surface area contributed by atoms with Crippen LogP contribution in [0.15, 0.2) is 12.4 Å². The highest BCUT2D eigenvalue weighted by atomic mass is 35.5. The van der Waals surface area contributed by atoms with Gasteiger partial charge >= 0.3 is 0 Å². The summed E-state index contributed by atoms with van der Waals surface area (Å²) in [5, 5.41) is 4.50. The number of fused-ring (bicyclic) bond motifs is 1. The summed E-state index contributed by atoms with van der Waals surface area (Å²) in [6.45, 7) is 1.95. The molecule has 2 saturated heterocycles. The normalized spacial score (nSPS) is 26.0. The molecule has 2 aliphatic rings. The van der Waals surface area contributed by atoms with Crippen LogP contribution in [-0.4, -0.2) is 78.0 Å². The van der Waals surface area contributed by atoms with Gasteiger partial charge in [-0.1, -0.05) is 11.6 Å². The van der Waals surface area contributed by atoms with E-state index in [9.17, 15) is 13.2 Å². The Labute approximate surface area is 146 Å². The lowest BCUT2D eigenvalue weighted by Gasteiger charge is -2.38. The van der Waals surface area contributed by atoms with Crippen LogP contribution in [0.4, 0.5) is 0 Å². The molecular weight excluding hydrogens is 356 g/mol. The van der Waals surface area contributed by atoms with E-state index in [-0.39, 0.29) is 24.6 Å². The fourth-order valence-electron chi connectivity index (χ4n) is 3.37. The van der Waals surface area contributed by atoms with Gasteiger partial charge in [-0.3, -0.25) is 9.48 Å². The fourth-order valence-corrected chi connectivity index (χ4v) is 4.67. The summed E-state index contributed by atoms with van der Waals surface area (Å²) < 4.78 is 32.7. The topological polar surface area (TPSA) is 84.7 Å². The second-order valence-corrected chi connectivity index (χ2v) is 8.54. The average molecular weight is 377 g/mol. The molecule has 0 saturated carbocycles. The number of aromatic nitrogens is 2. The molecule has 1 amide bonds. The van der Waals surface area contributed by atoms with Crippen LogP contribution in [0, 0.1) is 0 Å². The van der Waals surface area contributed by atoms with E-state index >= 15 is 0 Å². The van der Waals surface area contributed by atoms with E-state index in [4.69, 9.17) is 16.3 Å². The Kier molecular flexibility index (Phi) is 5.14. The van der Waals surface area contributed by atoms with Gasteiger partial charge in [0.2, 0.25) is 15.9 Å². The van der Waals surface area contributed by atoms with Gasteiger partial charge in [0.15, 0.2) is 0 Å². The molecule has 0 aliphatic carbocycles. The first-order valence-electron chi connectivity index (χ1n) is 7.89. The molecular formula is C14H21ClN4O4S. The molecule has 134 valence electrons. The van der Waals surface area contributed by atoms with Gasteiger partial charge in [0.1, 0.15) is 6.54 Å². The first kappa shape index (κ1) is 17.7. The number of rotatable bonds is 3. The maximum absolute atomic E-state index is 12.5. The number of hydrogen-bond donors (Lipinski definition) is 0. The van der Waals surface area contributed by atoms with Gasteiger partial charge < -0.3 is 9.64 Å². The van der Waals surface area contributed by atoms with E-state index in [1.165, 1.54) is 21.4 Å². The largest absolute Gasteiger partial charge is 0.375 e. The molecule has 0 radical (unpaired) electrons. The Balaban J connectivity index is 1.66. The standard InChI is InChI=1S/C14H21ClN4O4S/c1-24(21,22)19-6-7-23-13-3-5-17(4-2-12(13)19)14(20)10-18-9-11(15)8-16-18/h8-9,12-13H,2-7,10H2,1H3/t12-,13-/m1/s1. The molecule has 1 aromatic heterocycles. The molecule has 2 aliphatic heterocycles. The number of nitrogens with zero attached hydrogens (tertiary/aromatic N) is 4. The first-order chi connectivity index (χ1) is 11.3. The van der Waals surface area contributed by atoms with Gasteiger partial charge in [0.05, 0.1) is 36.2 Å². The number of sulfonamides is 1. The second kappa shape index (κ2) is 6.99. The third kappa shape index (κ3) is 3.90. The number of hydrogen-bond acceptors (Lipinski definition) is 5. The van der Waals surface area contributed by atoms with E-state index in [1.807, 2.05) is 0 Å². The first-order valence-corrected chi connectivity index (χ1v) is 10.1. The van der Waals surface area contributed by atoms with Crippen molar-refractivity contribution >= 4 is 27.5 Å². The van der Waals surface area contributed by atoms with E-state index in [1.54, 1.807) is 11.1 Å². The molecule has 2 atom stereocenters. The van der Waals surface area contributed by atoms with Crippen LogP contribution in [0.25, 0.3) is 0 Å². The van der Waals surface area contributed by atoms with Crippen LogP contribution in [0.1, 0.15) is 12.8 Å². The summed E-state index contributed by atoms with van der Waals surface area (Å²) in [6, 6.07) is -0.203. The van der Waals surface area contributed by atoms with E-state index in [0.717, 1.165) is 0 Å². The van der Waals surface area contributed by atoms with Gasteiger partial charge in [-0.25, -0.2) is 8.42 Å². The minimum Gasteiger partial charge on any atom is -0.375 e. The van der Waals surface area contributed by atoms with Gasteiger partial charge in [0.25, 0.3) is 0 Å². The molecule has 10 heteroatoms. The molecule has 24 heavy (non-hydrogen) atoms. The number of carbonyl (C=O) groups is 1. The molecule has 3 rings (SSSR count). The smallest absolute Gasteiger partial charge is 0.244 e. The van der Waals surface area contributed by atoms with Crippen molar-refractivity contribution in [2.75, 3.05) is 32.5 Å². The average Bonchev–Trinajstić information content (AvgIpc) is 2.80. The summed E-state index contributed by atoms with van der Waals surface area (Å²) >= 11 is 5.81. The summed E-state index contributed by atoms with van der Waals surface area (Å²) in [5.41, 5.74) is 0. The second-order valence-electron chi connectivity index (χ2n) is 6.16. The summed E-state index contributed by atoms with van der Waals surface area (Å²) in [4.78, 5) is 14.2. The van der Waals surface area contributed by atoms with Crippen LogP contribution in [0.5, 0.6) is 0 Å². The molecule has 0 aromatic carbocycles. The molecule has 1 aromatic rings. The van der Waals surface area contributed by atoms with Crippen molar-refractivity contribution in [2.24, 2.45) is 0 Å². The minimum absolute atomic E-state index is 0.0562. The lowest BCUT2D eigenvalue weighted by atomic mass is 10.0. The molecule has 0 bridgehead atoms. The van der Waals surface area contributed by atoms with Gasteiger partial charge in [0, 0.05) is 25.8 Å². The lowest BCUT2D eigenvalue weighted by Crippen LogP contribution is -2.53. The third-order valence-corrected chi connectivity index (χ3v) is 6.00. The van der Waals surface area contributed by atoms with Crippen LogP contribution < -0.4 is 0 Å². The Bertz CT molecular complexity index is 707. The Morgan fingerprint density at radius 3 is 2.79 bits per heavy atom. The predicted molar refractivity (Wildman–Crippen MR) is 88.1 cm³/mol. The molecule has 3 heterocycles. The molecule has 2 fully saturated rings. The highest BCUT2D eigenvalue weighted by Gasteiger charge is 2.39. The van der Waals surface area contributed by atoms with Crippen LogP contribution in [-0.2, 0) is 26.1 Å². The van der Waals surface area contributed by atoms with Crippen LogP contribution >= 0.6 is 11.6 Å². The minimum atomic E-state index is -3.27. The lowest BCUT2D eigenvalue weighted by molar-refractivity contribution is -0.132. The van der Waals surface area contributed by atoms with Crippen molar-refractivity contribution in [1.82, 2.24) is 19.0 Å². The van der Waals surface area contributed by atoms with Crippen molar-refractivity contribution in [1.29, 1.82) is 0 Å². The maximum atomic E-state index is 12.5. The number of carbonyl (C=O) groups excluding carboxylic acids is 1. The van der Waals surface area contributed by atoms with E-state index < -0.39 is 10.0 Å². The Morgan fingerprint density at radius 1 is 1.38 bits per heavy atom. The SMILES string of the molecule is CS(=O)(=O)N1CCO[C@@H]2CCN(C(=O)Cn3cc(Cl)cn3)CC[C@H]21. The summed E-state index contributed by atoms with van der Waals surface area (Å²) in [5.74, 6) is -0.0562. The Hall–Kier alpha value is -1.16. The zero-order valence-electron chi connectivity index (χ0n) is 13.5. The molecule has 0 spiro atoms. The van der Waals surface area contributed by atoms with E-state index in [2.05, 4.69) is 5.10 Å². The quantitative estimate of drug-likeness (QED) is 0.751. The summed E-state index contributed by atoms with van der Waals surface area (Å²) in [7, 11) is -3.27. The molecule has 0 unspecified atom stereocenters. The number of halogens is 1. The van der Waals surface area contributed by atoms with E-state index in [0.29, 0.717) is 44.1 Å². The van der Waals surface area contributed by atoms with Crippen molar-refractivity contribution in [3.8, 4) is 0 Å². The highest BCUT2D eigenvalue weighted by Crippen LogP contribution is 2.25. The van der Waals surface area contributed by atoms with Crippen molar-refractivity contribution < 1.29 is 17.9 Å². The van der Waals surface area contributed by atoms with Gasteiger partial charge in [-0.15, -0.1) is 0 Å². The monoisotopic (exact) mass is 376 g/mol. The predicted octanol–water partition coefficient (Wildman–Crippen LogP) is 0.188. The van der Waals surface area contributed by atoms with Gasteiger partial charge in [-0.2, -0.15) is 9.40 Å². The number of ether oxygens (including phenoxy) is 1.